The van der Waals surface area contributed by atoms with Gasteiger partial charge in [0.25, 0.3) is 0 Å². The van der Waals surface area contributed by atoms with Gasteiger partial charge in [-0.25, -0.2) is 0 Å². The topological polar surface area (TPSA) is 32.3 Å². The molecule has 1 N–H and O–H groups in total. The van der Waals surface area contributed by atoms with Crippen molar-refractivity contribution in [2.45, 2.75) is 64.3 Å². The van der Waals surface area contributed by atoms with Crippen LogP contribution < -0.4 is 5.32 Å². The van der Waals surface area contributed by atoms with Crippen molar-refractivity contribution in [1.29, 1.82) is 0 Å². The van der Waals surface area contributed by atoms with Crippen LogP contribution in [0.4, 0.5) is 0 Å². The molecule has 1 saturated heterocycles. The zero-order chi connectivity index (χ0) is 17.2. The minimum Gasteiger partial charge on any atom is -0.350 e. The molecule has 2 aliphatic rings. The van der Waals surface area contributed by atoms with Gasteiger partial charge in [-0.15, -0.1) is 0 Å². The summed E-state index contributed by atoms with van der Waals surface area (Å²) in [6, 6.07) is 9.02. The molecule has 1 aromatic rings. The third-order valence-corrected chi connectivity index (χ3v) is 6.28. The van der Waals surface area contributed by atoms with E-state index in [0.29, 0.717) is 5.41 Å². The minimum absolute atomic E-state index is 0.0779. The van der Waals surface area contributed by atoms with Crippen LogP contribution in [0.3, 0.4) is 0 Å². The predicted molar refractivity (Wildman–Crippen MR) is 99.0 cm³/mol. The van der Waals surface area contributed by atoms with Gasteiger partial charge < -0.3 is 10.2 Å². The van der Waals surface area contributed by atoms with Crippen LogP contribution in [0.15, 0.2) is 24.3 Å². The van der Waals surface area contributed by atoms with Gasteiger partial charge in [0.05, 0.1) is 6.04 Å². The number of hydrogen-bond acceptors (Lipinski definition) is 2. The number of benzene rings is 1. The molecule has 1 amide bonds. The molecule has 24 heavy (non-hydrogen) atoms. The molecule has 0 radical (unpaired) electrons. The summed E-state index contributed by atoms with van der Waals surface area (Å²) in [6.07, 6.45) is 6.05. The van der Waals surface area contributed by atoms with Gasteiger partial charge in [0, 0.05) is 13.5 Å². The number of hydrogen-bond donors (Lipinski definition) is 1. The first kappa shape index (κ1) is 17.5. The fourth-order valence-corrected chi connectivity index (χ4v) is 4.64. The van der Waals surface area contributed by atoms with Crippen molar-refractivity contribution in [3.63, 3.8) is 0 Å². The Morgan fingerprint density at radius 1 is 1.29 bits per heavy atom. The van der Waals surface area contributed by atoms with E-state index < -0.39 is 0 Å². The first-order valence-electron chi connectivity index (χ1n) is 9.63. The molecule has 1 fully saturated rings. The van der Waals surface area contributed by atoms with Crippen molar-refractivity contribution in [2.75, 3.05) is 19.6 Å². The first-order valence-corrected chi connectivity index (χ1v) is 9.63. The van der Waals surface area contributed by atoms with E-state index in [9.17, 15) is 4.79 Å². The Kier molecular flexibility index (Phi) is 5.29. The number of nitrogens with zero attached hydrogens (tertiary/aromatic N) is 1. The normalized spacial score (nSPS) is 24.4. The SMILES string of the molecule is CC[C@@H](C)CN1CCC2(CC[C@H](NC(C)=O)c3ccccc32)CC1. The molecule has 0 unspecified atom stereocenters. The molecular weight excluding hydrogens is 296 g/mol. The smallest absolute Gasteiger partial charge is 0.217 e. The van der Waals surface area contributed by atoms with E-state index in [2.05, 4.69) is 48.3 Å². The van der Waals surface area contributed by atoms with Crippen LogP contribution in [0, 0.1) is 5.92 Å². The molecule has 1 aromatic carbocycles. The summed E-state index contributed by atoms with van der Waals surface area (Å²) < 4.78 is 0. The molecule has 132 valence electrons. The van der Waals surface area contributed by atoms with Crippen molar-refractivity contribution in [2.24, 2.45) is 5.92 Å². The van der Waals surface area contributed by atoms with Gasteiger partial charge in [-0.3, -0.25) is 4.79 Å². The van der Waals surface area contributed by atoms with Crippen LogP contribution in [0.1, 0.15) is 70.0 Å². The molecule has 0 saturated carbocycles. The summed E-state index contributed by atoms with van der Waals surface area (Å²) in [7, 11) is 0. The lowest BCUT2D eigenvalue weighted by Crippen LogP contribution is -2.47. The van der Waals surface area contributed by atoms with E-state index in [1.807, 2.05) is 0 Å². The summed E-state index contributed by atoms with van der Waals surface area (Å²) in [4.78, 5) is 14.2. The van der Waals surface area contributed by atoms with Gasteiger partial charge in [-0.05, 0) is 61.2 Å². The minimum atomic E-state index is 0.0779. The number of fused-ring (bicyclic) bond motifs is 2. The van der Waals surface area contributed by atoms with Gasteiger partial charge in [-0.2, -0.15) is 0 Å². The van der Waals surface area contributed by atoms with E-state index in [1.54, 1.807) is 6.92 Å². The lowest BCUT2D eigenvalue weighted by atomic mass is 9.63. The molecular formula is C21H32N2O. The second-order valence-corrected chi connectivity index (χ2v) is 7.97. The molecule has 3 heteroatoms. The Morgan fingerprint density at radius 2 is 2.00 bits per heavy atom. The van der Waals surface area contributed by atoms with Crippen LogP contribution >= 0.6 is 0 Å². The maximum atomic E-state index is 11.5. The summed E-state index contributed by atoms with van der Waals surface area (Å²) in [5.41, 5.74) is 3.19. The van der Waals surface area contributed by atoms with Gasteiger partial charge in [0.15, 0.2) is 0 Å². The highest BCUT2D eigenvalue weighted by molar-refractivity contribution is 5.73. The monoisotopic (exact) mass is 328 g/mol. The molecule has 1 aliphatic carbocycles. The number of nitrogens with one attached hydrogen (secondary N) is 1. The van der Waals surface area contributed by atoms with E-state index in [4.69, 9.17) is 0 Å². The third kappa shape index (κ3) is 3.51. The summed E-state index contributed by atoms with van der Waals surface area (Å²) in [5.74, 6) is 0.871. The van der Waals surface area contributed by atoms with E-state index in [0.717, 1.165) is 12.3 Å². The van der Waals surface area contributed by atoms with E-state index >= 15 is 0 Å². The zero-order valence-electron chi connectivity index (χ0n) is 15.5. The standard InChI is InChI=1S/C21H32N2O/c1-4-16(2)15-23-13-11-21(12-14-23)10-9-20(22-17(3)24)18-7-5-6-8-19(18)21/h5-8,16,20H,4,9-15H2,1-3H3,(H,22,24)/t16-,20+/m1/s1. The predicted octanol–water partition coefficient (Wildman–Crippen LogP) is 4.04. The molecule has 2 atom stereocenters. The Morgan fingerprint density at radius 3 is 2.67 bits per heavy atom. The number of amides is 1. The average molecular weight is 329 g/mol. The molecule has 3 rings (SSSR count). The number of carbonyl (C=O) groups is 1. The molecule has 0 aromatic heterocycles. The van der Waals surface area contributed by atoms with Crippen molar-refractivity contribution < 1.29 is 4.79 Å². The van der Waals surface area contributed by atoms with Crippen LogP contribution in [0.25, 0.3) is 0 Å². The average Bonchev–Trinajstić information content (AvgIpc) is 2.59. The fraction of sp³-hybridized carbons (Fsp3) is 0.667. The first-order chi connectivity index (χ1) is 11.5. The fourth-order valence-electron chi connectivity index (χ4n) is 4.64. The number of rotatable bonds is 4. The maximum absolute atomic E-state index is 11.5. The Bertz CT molecular complexity index is 575. The zero-order valence-corrected chi connectivity index (χ0v) is 15.5. The highest BCUT2D eigenvalue weighted by Crippen LogP contribution is 2.47. The number of carbonyl (C=O) groups excluding carboxylic acids is 1. The van der Waals surface area contributed by atoms with E-state index in [-0.39, 0.29) is 11.9 Å². The van der Waals surface area contributed by atoms with E-state index in [1.165, 1.54) is 56.4 Å². The van der Waals surface area contributed by atoms with Crippen molar-refractivity contribution in [1.82, 2.24) is 10.2 Å². The van der Waals surface area contributed by atoms with Gasteiger partial charge >= 0.3 is 0 Å². The second-order valence-electron chi connectivity index (χ2n) is 7.97. The largest absolute Gasteiger partial charge is 0.350 e. The number of likely N-dealkylation sites (tertiary alicyclic amines) is 1. The second kappa shape index (κ2) is 7.26. The Balaban J connectivity index is 1.76. The van der Waals surface area contributed by atoms with Gasteiger partial charge in [-0.1, -0.05) is 44.5 Å². The van der Waals surface area contributed by atoms with Gasteiger partial charge in [0.2, 0.25) is 5.91 Å². The van der Waals surface area contributed by atoms with Gasteiger partial charge in [0.1, 0.15) is 0 Å². The van der Waals surface area contributed by atoms with Crippen LogP contribution in [-0.2, 0) is 10.2 Å². The lowest BCUT2D eigenvalue weighted by molar-refractivity contribution is -0.119. The third-order valence-electron chi connectivity index (χ3n) is 6.28. The summed E-state index contributed by atoms with van der Waals surface area (Å²) >= 11 is 0. The van der Waals surface area contributed by atoms with Crippen LogP contribution in [0.2, 0.25) is 0 Å². The lowest BCUT2D eigenvalue weighted by Gasteiger charge is -2.47. The highest BCUT2D eigenvalue weighted by atomic mass is 16.1. The van der Waals surface area contributed by atoms with Crippen molar-refractivity contribution in [3.05, 3.63) is 35.4 Å². The molecule has 1 spiro atoms. The van der Waals surface area contributed by atoms with Crippen molar-refractivity contribution >= 4 is 5.91 Å². The molecule has 3 nitrogen and oxygen atoms in total. The number of piperidine rings is 1. The summed E-state index contributed by atoms with van der Waals surface area (Å²) in [5, 5.41) is 3.15. The van der Waals surface area contributed by atoms with Crippen LogP contribution in [0.5, 0.6) is 0 Å². The Labute approximate surface area is 146 Å². The molecule has 1 aliphatic heterocycles. The quantitative estimate of drug-likeness (QED) is 0.905. The summed E-state index contributed by atoms with van der Waals surface area (Å²) in [6.45, 7) is 9.93. The molecule has 1 heterocycles. The maximum Gasteiger partial charge on any atom is 0.217 e. The highest BCUT2D eigenvalue weighted by Gasteiger charge is 2.41. The Hall–Kier alpha value is -1.35. The van der Waals surface area contributed by atoms with Crippen LogP contribution in [-0.4, -0.2) is 30.4 Å². The molecule has 0 bridgehead atoms. The van der Waals surface area contributed by atoms with Crippen molar-refractivity contribution in [3.8, 4) is 0 Å².